The van der Waals surface area contributed by atoms with Gasteiger partial charge in [-0.2, -0.15) is 4.31 Å². The van der Waals surface area contributed by atoms with Gasteiger partial charge >= 0.3 is 0 Å². The summed E-state index contributed by atoms with van der Waals surface area (Å²) in [6.07, 6.45) is 0.819. The van der Waals surface area contributed by atoms with E-state index in [0.717, 1.165) is 12.0 Å². The van der Waals surface area contributed by atoms with Crippen LogP contribution >= 0.6 is 24.0 Å². The highest BCUT2D eigenvalue weighted by Crippen LogP contribution is 2.29. The number of nitrogens with two attached hydrogens (primary N) is 1. The number of hydrogen-bond donors (Lipinski definition) is 1. The largest absolute Gasteiger partial charge is 0.330 e. The SMILES string of the molecule is Cc1ccc(S(=O)(=O)N2CCC(CN)C2)c(Cl)c1.Cl. The molecule has 1 aromatic rings. The first-order valence-electron chi connectivity index (χ1n) is 5.91. The van der Waals surface area contributed by atoms with Gasteiger partial charge in [0.15, 0.2) is 0 Å². The number of nitrogens with zero attached hydrogens (tertiary/aromatic N) is 1. The maximum absolute atomic E-state index is 12.4. The zero-order valence-electron chi connectivity index (χ0n) is 10.7. The molecule has 0 spiro atoms. The quantitative estimate of drug-likeness (QED) is 0.925. The van der Waals surface area contributed by atoms with Crippen LogP contribution in [0.2, 0.25) is 5.02 Å². The molecule has 19 heavy (non-hydrogen) atoms. The topological polar surface area (TPSA) is 63.4 Å². The van der Waals surface area contributed by atoms with Gasteiger partial charge in [-0.1, -0.05) is 17.7 Å². The van der Waals surface area contributed by atoms with Crippen molar-refractivity contribution in [3.63, 3.8) is 0 Å². The van der Waals surface area contributed by atoms with Crippen LogP contribution in [-0.4, -0.2) is 32.4 Å². The second kappa shape index (κ2) is 6.41. The first kappa shape index (κ1) is 16.7. The van der Waals surface area contributed by atoms with E-state index < -0.39 is 10.0 Å². The molecule has 2 rings (SSSR count). The molecular weight excluding hydrogens is 307 g/mol. The van der Waals surface area contributed by atoms with Crippen molar-refractivity contribution in [1.29, 1.82) is 0 Å². The second-order valence-corrected chi connectivity index (χ2v) is 7.00. The van der Waals surface area contributed by atoms with Gasteiger partial charge < -0.3 is 5.73 Å². The summed E-state index contributed by atoms with van der Waals surface area (Å²) < 4.78 is 26.3. The van der Waals surface area contributed by atoms with Gasteiger partial charge in [-0.15, -0.1) is 12.4 Å². The van der Waals surface area contributed by atoms with Crippen LogP contribution in [0.3, 0.4) is 0 Å². The lowest BCUT2D eigenvalue weighted by Crippen LogP contribution is -2.30. The number of hydrogen-bond acceptors (Lipinski definition) is 3. The van der Waals surface area contributed by atoms with Crippen molar-refractivity contribution in [2.75, 3.05) is 19.6 Å². The molecule has 0 aromatic heterocycles. The normalized spacial score (nSPS) is 20.3. The molecular formula is C12H18Cl2N2O2S. The molecule has 1 aliphatic rings. The summed E-state index contributed by atoms with van der Waals surface area (Å²) in [7, 11) is -3.48. The minimum atomic E-state index is -3.48. The van der Waals surface area contributed by atoms with Gasteiger partial charge in [0, 0.05) is 13.1 Å². The van der Waals surface area contributed by atoms with Gasteiger partial charge in [0.2, 0.25) is 10.0 Å². The molecule has 2 N–H and O–H groups in total. The summed E-state index contributed by atoms with van der Waals surface area (Å²) in [5.74, 6) is 0.254. The van der Waals surface area contributed by atoms with Crippen molar-refractivity contribution in [3.8, 4) is 0 Å². The predicted octanol–water partition coefficient (Wildman–Crippen LogP) is 2.04. The van der Waals surface area contributed by atoms with Crippen molar-refractivity contribution in [1.82, 2.24) is 4.31 Å². The van der Waals surface area contributed by atoms with Crippen molar-refractivity contribution in [3.05, 3.63) is 28.8 Å². The fourth-order valence-corrected chi connectivity index (χ4v) is 4.27. The Balaban J connectivity index is 0.00000180. The highest BCUT2D eigenvalue weighted by Gasteiger charge is 2.32. The van der Waals surface area contributed by atoms with Crippen LogP contribution in [-0.2, 0) is 10.0 Å². The maximum Gasteiger partial charge on any atom is 0.244 e. The third kappa shape index (κ3) is 3.41. The van der Waals surface area contributed by atoms with Crippen LogP contribution in [0, 0.1) is 12.8 Å². The summed E-state index contributed by atoms with van der Waals surface area (Å²) in [6, 6.07) is 5.00. The molecule has 108 valence electrons. The average Bonchev–Trinajstić information content (AvgIpc) is 2.77. The first-order valence-corrected chi connectivity index (χ1v) is 7.73. The summed E-state index contributed by atoms with van der Waals surface area (Å²) in [6.45, 7) is 3.41. The number of rotatable bonds is 3. The standard InChI is InChI=1S/C12H17ClN2O2S.ClH/c1-9-2-3-12(11(13)6-9)18(16,17)15-5-4-10(7-14)8-15;/h2-3,6,10H,4-5,7-8,14H2,1H3;1H. The van der Waals surface area contributed by atoms with Crippen LogP contribution in [0.5, 0.6) is 0 Å². The lowest BCUT2D eigenvalue weighted by molar-refractivity contribution is 0.459. The van der Waals surface area contributed by atoms with Crippen molar-refractivity contribution < 1.29 is 8.42 Å². The molecule has 1 fully saturated rings. The summed E-state index contributed by atoms with van der Waals surface area (Å²) >= 11 is 6.03. The van der Waals surface area contributed by atoms with Crippen LogP contribution in [0.1, 0.15) is 12.0 Å². The number of benzene rings is 1. The van der Waals surface area contributed by atoms with Gasteiger partial charge in [0.25, 0.3) is 0 Å². The van der Waals surface area contributed by atoms with Gasteiger partial charge in [-0.25, -0.2) is 8.42 Å². The third-order valence-electron chi connectivity index (χ3n) is 3.29. The van der Waals surface area contributed by atoms with E-state index in [9.17, 15) is 8.42 Å². The minimum Gasteiger partial charge on any atom is -0.330 e. The summed E-state index contributed by atoms with van der Waals surface area (Å²) in [4.78, 5) is 0.187. The van der Waals surface area contributed by atoms with E-state index in [0.29, 0.717) is 19.6 Å². The van der Waals surface area contributed by atoms with E-state index in [4.69, 9.17) is 17.3 Å². The van der Waals surface area contributed by atoms with Gasteiger partial charge in [-0.3, -0.25) is 0 Å². The van der Waals surface area contributed by atoms with Crippen LogP contribution in [0.15, 0.2) is 23.1 Å². The highest BCUT2D eigenvalue weighted by molar-refractivity contribution is 7.89. The van der Waals surface area contributed by atoms with Crippen molar-refractivity contribution in [2.45, 2.75) is 18.2 Å². The zero-order chi connectivity index (χ0) is 13.3. The van der Waals surface area contributed by atoms with Crippen molar-refractivity contribution >= 4 is 34.0 Å². The number of halogens is 2. The van der Waals surface area contributed by atoms with E-state index in [1.807, 2.05) is 6.92 Å². The minimum absolute atomic E-state index is 0. The molecule has 1 heterocycles. The number of aryl methyl sites for hydroxylation is 1. The zero-order valence-corrected chi connectivity index (χ0v) is 13.1. The van der Waals surface area contributed by atoms with Gasteiger partial charge in [0.1, 0.15) is 4.90 Å². The molecule has 0 bridgehead atoms. The smallest absolute Gasteiger partial charge is 0.244 e. The molecule has 1 atom stereocenters. The maximum atomic E-state index is 12.4. The van der Waals surface area contributed by atoms with E-state index in [1.165, 1.54) is 4.31 Å². The Hall–Kier alpha value is -0.330. The lowest BCUT2D eigenvalue weighted by atomic mass is 10.1. The van der Waals surface area contributed by atoms with E-state index >= 15 is 0 Å². The van der Waals surface area contributed by atoms with Crippen LogP contribution < -0.4 is 5.73 Å². The lowest BCUT2D eigenvalue weighted by Gasteiger charge is -2.17. The molecule has 0 radical (unpaired) electrons. The van der Waals surface area contributed by atoms with E-state index in [1.54, 1.807) is 18.2 Å². The van der Waals surface area contributed by atoms with Gasteiger partial charge in [-0.05, 0) is 43.5 Å². The molecule has 1 aromatic carbocycles. The average molecular weight is 325 g/mol. The fraction of sp³-hybridized carbons (Fsp3) is 0.500. The van der Waals surface area contributed by atoms with Crippen LogP contribution in [0.4, 0.5) is 0 Å². The second-order valence-electron chi connectivity index (χ2n) is 4.69. The Labute approximate surface area is 125 Å². The Bertz CT molecular complexity index is 549. The first-order chi connectivity index (χ1) is 8.45. The molecule has 1 unspecified atom stereocenters. The van der Waals surface area contributed by atoms with Crippen LogP contribution in [0.25, 0.3) is 0 Å². The molecule has 4 nitrogen and oxygen atoms in total. The third-order valence-corrected chi connectivity index (χ3v) is 5.64. The predicted molar refractivity (Wildman–Crippen MR) is 79.4 cm³/mol. The number of sulfonamides is 1. The fourth-order valence-electron chi connectivity index (χ4n) is 2.16. The molecule has 1 aliphatic heterocycles. The van der Waals surface area contributed by atoms with Crippen molar-refractivity contribution in [2.24, 2.45) is 11.7 Å². The Kier molecular flexibility index (Phi) is 5.65. The van der Waals surface area contributed by atoms with Gasteiger partial charge in [0.05, 0.1) is 5.02 Å². The molecule has 0 saturated carbocycles. The summed E-state index contributed by atoms with van der Waals surface area (Å²) in [5.41, 5.74) is 6.52. The summed E-state index contributed by atoms with van der Waals surface area (Å²) in [5, 5.41) is 0.284. The Morgan fingerprint density at radius 3 is 2.68 bits per heavy atom. The molecule has 0 amide bonds. The molecule has 7 heteroatoms. The Morgan fingerprint density at radius 1 is 1.47 bits per heavy atom. The Morgan fingerprint density at radius 2 is 2.16 bits per heavy atom. The monoisotopic (exact) mass is 324 g/mol. The van der Waals surface area contributed by atoms with E-state index in [-0.39, 0.29) is 28.2 Å². The molecule has 1 saturated heterocycles. The highest BCUT2D eigenvalue weighted by atomic mass is 35.5. The molecule has 0 aliphatic carbocycles. The van der Waals surface area contributed by atoms with E-state index in [2.05, 4.69) is 0 Å².